The maximum absolute atomic E-state index is 11.7. The van der Waals surface area contributed by atoms with E-state index in [1.54, 1.807) is 13.8 Å². The van der Waals surface area contributed by atoms with Crippen molar-refractivity contribution < 1.29 is 8.42 Å². The molecular formula is C11H20N2O2S2. The molecule has 1 N–H and O–H groups in total. The minimum atomic E-state index is -3.13. The minimum Gasteiger partial charge on any atom is -0.232 e. The summed E-state index contributed by atoms with van der Waals surface area (Å²) in [5.74, 6) is 0.533. The van der Waals surface area contributed by atoms with E-state index < -0.39 is 10.0 Å². The van der Waals surface area contributed by atoms with E-state index in [1.165, 1.54) is 0 Å². The van der Waals surface area contributed by atoms with Crippen molar-refractivity contribution in [1.29, 1.82) is 0 Å². The molecule has 0 spiro atoms. The smallest absolute Gasteiger partial charge is 0.214 e. The quantitative estimate of drug-likeness (QED) is 0.617. The van der Waals surface area contributed by atoms with Gasteiger partial charge in [0.05, 0.1) is 17.0 Å². The second-order valence-corrected chi connectivity index (χ2v) is 7.31. The minimum absolute atomic E-state index is 0.0927. The molecule has 0 aromatic heterocycles. The third kappa shape index (κ3) is 4.84. The molecule has 0 amide bonds. The van der Waals surface area contributed by atoms with Crippen LogP contribution in [0.25, 0.3) is 0 Å². The number of isothiocyanates is 1. The zero-order chi connectivity index (χ0) is 12.9. The Morgan fingerprint density at radius 2 is 1.94 bits per heavy atom. The van der Waals surface area contributed by atoms with Crippen molar-refractivity contribution in [3.05, 3.63) is 0 Å². The van der Waals surface area contributed by atoms with E-state index in [0.717, 1.165) is 32.2 Å². The van der Waals surface area contributed by atoms with Crippen LogP contribution in [0.1, 0.15) is 39.5 Å². The van der Waals surface area contributed by atoms with Crippen molar-refractivity contribution in [3.8, 4) is 0 Å². The van der Waals surface area contributed by atoms with Gasteiger partial charge in [-0.05, 0) is 57.7 Å². The van der Waals surface area contributed by atoms with Gasteiger partial charge in [0, 0.05) is 6.04 Å². The summed E-state index contributed by atoms with van der Waals surface area (Å²) in [4.78, 5) is 3.95. The molecule has 0 unspecified atom stereocenters. The first-order valence-corrected chi connectivity index (χ1v) is 7.96. The molecule has 98 valence electrons. The molecular weight excluding hydrogens is 256 g/mol. The molecule has 17 heavy (non-hydrogen) atoms. The normalized spacial score (nSPS) is 25.6. The molecule has 1 fully saturated rings. The maximum atomic E-state index is 11.7. The first-order valence-electron chi connectivity index (χ1n) is 6.00. The summed E-state index contributed by atoms with van der Waals surface area (Å²) in [5, 5.41) is 2.01. The highest BCUT2D eigenvalue weighted by Gasteiger charge is 2.25. The standard InChI is InChI=1S/C11H20N2O2S2/c1-9(2)17(14,15)13-11-5-3-10(4-6-11)7-12-8-16/h9-11,13H,3-7H2,1-2H3. The van der Waals surface area contributed by atoms with E-state index >= 15 is 0 Å². The lowest BCUT2D eigenvalue weighted by Gasteiger charge is -2.28. The van der Waals surface area contributed by atoms with Gasteiger partial charge < -0.3 is 0 Å². The van der Waals surface area contributed by atoms with Crippen LogP contribution in [0.4, 0.5) is 0 Å². The Morgan fingerprint density at radius 3 is 2.41 bits per heavy atom. The van der Waals surface area contributed by atoms with Gasteiger partial charge in [-0.3, -0.25) is 0 Å². The van der Waals surface area contributed by atoms with Gasteiger partial charge in [-0.2, -0.15) is 0 Å². The lowest BCUT2D eigenvalue weighted by molar-refractivity contribution is 0.319. The number of sulfonamides is 1. The summed E-state index contributed by atoms with van der Waals surface area (Å²) in [7, 11) is -3.13. The summed E-state index contributed by atoms with van der Waals surface area (Å²) < 4.78 is 26.2. The van der Waals surface area contributed by atoms with Crippen LogP contribution in [-0.4, -0.2) is 31.4 Å². The van der Waals surface area contributed by atoms with Gasteiger partial charge in [0.15, 0.2) is 0 Å². The molecule has 0 radical (unpaired) electrons. The number of hydrogen-bond acceptors (Lipinski definition) is 4. The molecule has 0 saturated heterocycles. The van der Waals surface area contributed by atoms with Crippen LogP contribution in [0, 0.1) is 5.92 Å². The third-order valence-corrected chi connectivity index (χ3v) is 5.24. The van der Waals surface area contributed by atoms with Gasteiger partial charge in [0.25, 0.3) is 0 Å². The van der Waals surface area contributed by atoms with Crippen LogP contribution in [0.2, 0.25) is 0 Å². The van der Waals surface area contributed by atoms with E-state index in [0.29, 0.717) is 5.92 Å². The molecule has 1 aliphatic carbocycles. The Balaban J connectivity index is 2.40. The SMILES string of the molecule is CC(C)S(=O)(=O)NC1CCC(CN=C=S)CC1. The topological polar surface area (TPSA) is 58.5 Å². The number of nitrogens with one attached hydrogen (secondary N) is 1. The second-order valence-electron chi connectivity index (χ2n) is 4.86. The average Bonchev–Trinajstić information content (AvgIpc) is 2.27. The predicted octanol–water partition coefficient (Wildman–Crippen LogP) is 1.98. The average molecular weight is 276 g/mol. The summed E-state index contributed by atoms with van der Waals surface area (Å²) in [6.45, 7) is 4.12. The van der Waals surface area contributed by atoms with Crippen molar-refractivity contribution in [2.24, 2.45) is 10.9 Å². The molecule has 0 heterocycles. The Labute approximate surface area is 109 Å². The van der Waals surface area contributed by atoms with Gasteiger partial charge in [-0.25, -0.2) is 18.1 Å². The molecule has 1 rings (SSSR count). The number of thiocarbonyl (C=S) groups is 1. The Hall–Kier alpha value is -0.290. The van der Waals surface area contributed by atoms with E-state index in [4.69, 9.17) is 0 Å². The fraction of sp³-hybridized carbons (Fsp3) is 0.909. The molecule has 4 nitrogen and oxygen atoms in total. The van der Waals surface area contributed by atoms with Crippen LogP contribution in [-0.2, 0) is 10.0 Å². The predicted molar refractivity (Wildman–Crippen MR) is 72.8 cm³/mol. The summed E-state index contributed by atoms with van der Waals surface area (Å²) in [5.41, 5.74) is 0. The summed E-state index contributed by atoms with van der Waals surface area (Å²) >= 11 is 4.54. The Kier molecular flexibility index (Phi) is 5.73. The summed E-state index contributed by atoms with van der Waals surface area (Å²) in [6, 6.07) is 0.0927. The first-order chi connectivity index (χ1) is 7.95. The molecule has 1 aliphatic rings. The van der Waals surface area contributed by atoms with Gasteiger partial charge in [0.2, 0.25) is 10.0 Å². The molecule has 1 saturated carbocycles. The van der Waals surface area contributed by atoms with Crippen LogP contribution in [0.5, 0.6) is 0 Å². The van der Waals surface area contributed by atoms with Gasteiger partial charge in [0.1, 0.15) is 0 Å². The number of nitrogens with zero attached hydrogens (tertiary/aromatic N) is 1. The molecule has 0 aromatic carbocycles. The zero-order valence-electron chi connectivity index (χ0n) is 10.3. The van der Waals surface area contributed by atoms with Gasteiger partial charge in [-0.15, -0.1) is 0 Å². The summed E-state index contributed by atoms with van der Waals surface area (Å²) in [6.07, 6.45) is 3.80. The Morgan fingerprint density at radius 1 is 1.35 bits per heavy atom. The molecule has 0 aliphatic heterocycles. The first kappa shape index (κ1) is 14.8. The maximum Gasteiger partial charge on any atom is 0.214 e. The number of aliphatic imine (C=N–C) groups is 1. The van der Waals surface area contributed by atoms with Gasteiger partial charge >= 0.3 is 0 Å². The van der Waals surface area contributed by atoms with Crippen molar-refractivity contribution in [3.63, 3.8) is 0 Å². The van der Waals surface area contributed by atoms with Crippen molar-refractivity contribution >= 4 is 27.4 Å². The fourth-order valence-corrected chi connectivity index (χ4v) is 3.04. The highest BCUT2D eigenvalue weighted by molar-refractivity contribution is 7.90. The lowest BCUT2D eigenvalue weighted by atomic mass is 9.86. The highest BCUT2D eigenvalue weighted by Crippen LogP contribution is 2.25. The van der Waals surface area contributed by atoms with E-state index in [1.807, 2.05) is 0 Å². The third-order valence-electron chi connectivity index (χ3n) is 3.21. The van der Waals surface area contributed by atoms with Crippen molar-refractivity contribution in [2.75, 3.05) is 6.54 Å². The van der Waals surface area contributed by atoms with Crippen LogP contribution < -0.4 is 4.72 Å². The number of hydrogen-bond donors (Lipinski definition) is 1. The number of rotatable bonds is 5. The monoisotopic (exact) mass is 276 g/mol. The fourth-order valence-electron chi connectivity index (χ4n) is 2.00. The van der Waals surface area contributed by atoms with E-state index in [-0.39, 0.29) is 11.3 Å². The highest BCUT2D eigenvalue weighted by atomic mass is 32.2. The molecule has 0 atom stereocenters. The van der Waals surface area contributed by atoms with Crippen LogP contribution in [0.15, 0.2) is 4.99 Å². The van der Waals surface area contributed by atoms with Crippen LogP contribution in [0.3, 0.4) is 0 Å². The van der Waals surface area contributed by atoms with Crippen molar-refractivity contribution in [1.82, 2.24) is 4.72 Å². The van der Waals surface area contributed by atoms with E-state index in [2.05, 4.69) is 27.1 Å². The van der Waals surface area contributed by atoms with E-state index in [9.17, 15) is 8.42 Å². The second kappa shape index (κ2) is 6.59. The van der Waals surface area contributed by atoms with Crippen molar-refractivity contribution in [2.45, 2.75) is 50.8 Å². The molecule has 0 aromatic rings. The zero-order valence-corrected chi connectivity index (χ0v) is 12.0. The van der Waals surface area contributed by atoms with Gasteiger partial charge in [-0.1, -0.05) is 0 Å². The molecule has 0 bridgehead atoms. The lowest BCUT2D eigenvalue weighted by Crippen LogP contribution is -2.41. The van der Waals surface area contributed by atoms with Crippen LogP contribution >= 0.6 is 12.2 Å². The Bertz CT molecular complexity index is 378. The largest absolute Gasteiger partial charge is 0.232 e. The molecule has 6 heteroatoms.